The molecule has 3 nitrogen and oxygen atoms in total. The minimum Gasteiger partial charge on any atom is -0.462 e. The van der Waals surface area contributed by atoms with E-state index in [1.54, 1.807) is 19.2 Å². The number of rotatable bonds is 6. The summed E-state index contributed by atoms with van der Waals surface area (Å²) in [6, 6.07) is 6.63. The van der Waals surface area contributed by atoms with Crippen LogP contribution in [-0.2, 0) is 11.3 Å². The van der Waals surface area contributed by atoms with Crippen LogP contribution in [0.5, 0.6) is 0 Å². The van der Waals surface area contributed by atoms with Crippen LogP contribution in [0, 0.1) is 11.6 Å². The summed E-state index contributed by atoms with van der Waals surface area (Å²) in [5.74, 6) is 0.0596. The highest BCUT2D eigenvalue weighted by atomic mass is 19.1. The van der Waals surface area contributed by atoms with Gasteiger partial charge >= 0.3 is 0 Å². The Kier molecular flexibility index (Phi) is 4.87. The van der Waals surface area contributed by atoms with Gasteiger partial charge in [-0.2, -0.15) is 0 Å². The first-order valence-corrected chi connectivity index (χ1v) is 6.41. The normalized spacial score (nSPS) is 12.6. The largest absolute Gasteiger partial charge is 0.462 e. The zero-order chi connectivity index (χ0) is 14.5. The molecule has 1 atom stereocenters. The monoisotopic (exact) mass is 281 g/mol. The number of methoxy groups -OCH3 is 1. The van der Waals surface area contributed by atoms with E-state index in [4.69, 9.17) is 9.15 Å². The molecule has 0 saturated carbocycles. The van der Waals surface area contributed by atoms with Crippen LogP contribution in [0.3, 0.4) is 0 Å². The fourth-order valence-electron chi connectivity index (χ4n) is 2.10. The van der Waals surface area contributed by atoms with Crippen LogP contribution in [0.4, 0.5) is 8.78 Å². The molecular weight excluding hydrogens is 264 g/mol. The van der Waals surface area contributed by atoms with Crippen molar-refractivity contribution < 1.29 is 17.9 Å². The molecule has 0 aliphatic carbocycles. The summed E-state index contributed by atoms with van der Waals surface area (Å²) in [5, 5.41) is 3.16. The minimum atomic E-state index is -0.605. The second-order valence-corrected chi connectivity index (χ2v) is 4.43. The fourth-order valence-corrected chi connectivity index (χ4v) is 2.10. The first kappa shape index (κ1) is 14.7. The van der Waals surface area contributed by atoms with Crippen molar-refractivity contribution in [3.05, 3.63) is 59.1 Å². The predicted octanol–water partition coefficient (Wildman–Crippen LogP) is 3.40. The van der Waals surface area contributed by atoms with Crippen LogP contribution in [0.15, 0.2) is 34.7 Å². The van der Waals surface area contributed by atoms with Crippen molar-refractivity contribution in [1.29, 1.82) is 0 Å². The van der Waals surface area contributed by atoms with Gasteiger partial charge in [-0.1, -0.05) is 6.92 Å². The number of hydrogen-bond acceptors (Lipinski definition) is 3. The quantitative estimate of drug-likeness (QED) is 0.881. The van der Waals surface area contributed by atoms with E-state index in [1.165, 1.54) is 12.1 Å². The highest BCUT2D eigenvalue weighted by molar-refractivity contribution is 5.28. The molecule has 5 heteroatoms. The molecule has 0 amide bonds. The molecule has 1 aromatic heterocycles. The summed E-state index contributed by atoms with van der Waals surface area (Å²) < 4.78 is 37.3. The number of furan rings is 1. The van der Waals surface area contributed by atoms with Crippen molar-refractivity contribution in [2.45, 2.75) is 19.6 Å². The second-order valence-electron chi connectivity index (χ2n) is 4.43. The highest BCUT2D eigenvalue weighted by Gasteiger charge is 2.18. The molecule has 1 N–H and O–H groups in total. The average molecular weight is 281 g/mol. The molecule has 0 aliphatic rings. The molecule has 0 spiro atoms. The molecule has 0 aliphatic heterocycles. The Morgan fingerprint density at radius 1 is 1.20 bits per heavy atom. The van der Waals surface area contributed by atoms with Crippen molar-refractivity contribution in [3.8, 4) is 0 Å². The predicted molar refractivity (Wildman–Crippen MR) is 71.3 cm³/mol. The first-order valence-electron chi connectivity index (χ1n) is 6.41. The lowest BCUT2D eigenvalue weighted by Gasteiger charge is -2.16. The summed E-state index contributed by atoms with van der Waals surface area (Å²) in [4.78, 5) is 0. The highest BCUT2D eigenvalue weighted by Crippen LogP contribution is 2.25. The van der Waals surface area contributed by atoms with Gasteiger partial charge in [0.25, 0.3) is 0 Å². The minimum absolute atomic E-state index is 0.357. The summed E-state index contributed by atoms with van der Waals surface area (Å²) in [7, 11) is 1.58. The zero-order valence-electron chi connectivity index (χ0n) is 11.5. The van der Waals surface area contributed by atoms with E-state index in [-0.39, 0.29) is 0 Å². The SMILES string of the molecule is CCNC(c1cc(F)cc(F)c1)c1ccc(COC)o1. The van der Waals surface area contributed by atoms with Crippen molar-refractivity contribution in [2.24, 2.45) is 0 Å². The third kappa shape index (κ3) is 3.43. The van der Waals surface area contributed by atoms with E-state index >= 15 is 0 Å². The van der Waals surface area contributed by atoms with Gasteiger partial charge in [-0.15, -0.1) is 0 Å². The molecule has 1 heterocycles. The van der Waals surface area contributed by atoms with E-state index in [0.717, 1.165) is 6.07 Å². The number of nitrogens with one attached hydrogen (secondary N) is 1. The second kappa shape index (κ2) is 6.63. The summed E-state index contributed by atoms with van der Waals surface area (Å²) >= 11 is 0. The van der Waals surface area contributed by atoms with Crippen molar-refractivity contribution >= 4 is 0 Å². The number of hydrogen-bond donors (Lipinski definition) is 1. The van der Waals surface area contributed by atoms with Gasteiger partial charge in [-0.3, -0.25) is 0 Å². The van der Waals surface area contributed by atoms with Crippen molar-refractivity contribution in [3.63, 3.8) is 0 Å². The van der Waals surface area contributed by atoms with Gasteiger partial charge in [0.2, 0.25) is 0 Å². The van der Waals surface area contributed by atoms with Gasteiger partial charge in [0.05, 0.1) is 6.04 Å². The number of benzene rings is 1. The van der Waals surface area contributed by atoms with Crippen molar-refractivity contribution in [1.82, 2.24) is 5.32 Å². The molecule has 2 rings (SSSR count). The molecule has 0 saturated heterocycles. The van der Waals surface area contributed by atoms with Gasteiger partial charge in [0.15, 0.2) is 0 Å². The average Bonchev–Trinajstić information content (AvgIpc) is 2.83. The van der Waals surface area contributed by atoms with Crippen molar-refractivity contribution in [2.75, 3.05) is 13.7 Å². The smallest absolute Gasteiger partial charge is 0.129 e. The van der Waals surface area contributed by atoms with E-state index in [0.29, 0.717) is 30.2 Å². The van der Waals surface area contributed by atoms with E-state index < -0.39 is 17.7 Å². The summed E-state index contributed by atoms with van der Waals surface area (Å²) in [6.07, 6.45) is 0. The molecule has 20 heavy (non-hydrogen) atoms. The maximum atomic E-state index is 13.4. The Bertz CT molecular complexity index is 549. The molecule has 2 aromatic rings. The van der Waals surface area contributed by atoms with Crippen LogP contribution in [0.2, 0.25) is 0 Å². The maximum absolute atomic E-state index is 13.4. The Morgan fingerprint density at radius 3 is 2.50 bits per heavy atom. The van der Waals surface area contributed by atoms with Gasteiger partial charge in [-0.25, -0.2) is 8.78 Å². The lowest BCUT2D eigenvalue weighted by molar-refractivity contribution is 0.162. The van der Waals surface area contributed by atoms with Crippen LogP contribution >= 0.6 is 0 Å². The van der Waals surface area contributed by atoms with Crippen LogP contribution in [-0.4, -0.2) is 13.7 Å². The lowest BCUT2D eigenvalue weighted by atomic mass is 10.0. The van der Waals surface area contributed by atoms with Crippen LogP contribution in [0.25, 0.3) is 0 Å². The van der Waals surface area contributed by atoms with Gasteiger partial charge in [0, 0.05) is 13.2 Å². The van der Waals surface area contributed by atoms with E-state index in [2.05, 4.69) is 5.32 Å². The van der Waals surface area contributed by atoms with Gasteiger partial charge in [-0.05, 0) is 36.4 Å². The summed E-state index contributed by atoms with van der Waals surface area (Å²) in [6.45, 7) is 2.92. The molecule has 0 radical (unpaired) electrons. The molecule has 1 aromatic carbocycles. The molecule has 1 unspecified atom stereocenters. The van der Waals surface area contributed by atoms with Crippen LogP contribution < -0.4 is 5.32 Å². The Labute approximate surface area is 116 Å². The first-order chi connectivity index (χ1) is 9.63. The molecule has 108 valence electrons. The number of halogens is 2. The van der Waals surface area contributed by atoms with Gasteiger partial charge < -0.3 is 14.5 Å². The maximum Gasteiger partial charge on any atom is 0.129 e. The Hall–Kier alpha value is -1.72. The molecule has 0 bridgehead atoms. The Morgan fingerprint density at radius 2 is 1.90 bits per heavy atom. The third-order valence-corrected chi connectivity index (χ3v) is 2.88. The fraction of sp³-hybridized carbons (Fsp3) is 0.333. The van der Waals surface area contributed by atoms with Crippen LogP contribution in [0.1, 0.15) is 30.0 Å². The Balaban J connectivity index is 2.33. The van der Waals surface area contributed by atoms with E-state index in [9.17, 15) is 8.78 Å². The topological polar surface area (TPSA) is 34.4 Å². The standard InChI is InChI=1S/C15H17F2NO2/c1-3-18-15(10-6-11(16)8-12(17)7-10)14-5-4-13(20-14)9-19-2/h4-8,15,18H,3,9H2,1-2H3. The van der Waals surface area contributed by atoms with E-state index in [1.807, 2.05) is 6.92 Å². The molecule has 0 fully saturated rings. The zero-order valence-corrected chi connectivity index (χ0v) is 11.5. The summed E-state index contributed by atoms with van der Waals surface area (Å²) in [5.41, 5.74) is 0.489. The third-order valence-electron chi connectivity index (χ3n) is 2.88. The van der Waals surface area contributed by atoms with Gasteiger partial charge in [0.1, 0.15) is 29.8 Å². The molecular formula is C15H17F2NO2. The lowest BCUT2D eigenvalue weighted by Crippen LogP contribution is -2.21. The number of ether oxygens (including phenoxy) is 1.